The lowest BCUT2D eigenvalue weighted by Crippen LogP contribution is -1.77. The van der Waals surface area contributed by atoms with E-state index in [1.807, 2.05) is 18.2 Å². The summed E-state index contributed by atoms with van der Waals surface area (Å²) in [6.07, 6.45) is 13.1. The average Bonchev–Trinajstić information content (AvgIpc) is 2.22. The molecule has 0 aromatic carbocycles. The molecule has 0 aliphatic rings. The van der Waals surface area contributed by atoms with Crippen molar-refractivity contribution in [3.05, 3.63) is 23.8 Å². The lowest BCUT2D eigenvalue weighted by molar-refractivity contribution is 0.674. The van der Waals surface area contributed by atoms with E-state index in [1.54, 1.807) is 0 Å². The lowest BCUT2D eigenvalue weighted by Gasteiger charge is -1.94. The Kier molecular flexibility index (Phi) is 9.31. The quantitative estimate of drug-likeness (QED) is 0.333. The maximum Gasteiger partial charge on any atom is 0.0988 e. The van der Waals surface area contributed by atoms with Gasteiger partial charge in [0, 0.05) is 5.57 Å². The molecule has 0 aliphatic carbocycles. The van der Waals surface area contributed by atoms with Gasteiger partial charge >= 0.3 is 0 Å². The van der Waals surface area contributed by atoms with Gasteiger partial charge in [-0.1, -0.05) is 45.3 Å². The second-order valence-electron chi connectivity index (χ2n) is 3.43. The van der Waals surface area contributed by atoms with Crippen LogP contribution in [0, 0.1) is 11.3 Å². The van der Waals surface area contributed by atoms with Gasteiger partial charge in [-0.15, -0.1) is 0 Å². The Labute approximate surface area is 88.1 Å². The molecule has 1 heteroatoms. The van der Waals surface area contributed by atoms with Crippen LogP contribution >= 0.6 is 0 Å². The molecule has 0 saturated heterocycles. The van der Waals surface area contributed by atoms with Crippen molar-refractivity contribution in [3.8, 4) is 6.07 Å². The van der Waals surface area contributed by atoms with Crippen molar-refractivity contribution in [2.45, 2.75) is 52.4 Å². The summed E-state index contributed by atoms with van der Waals surface area (Å²) >= 11 is 0. The van der Waals surface area contributed by atoms with Gasteiger partial charge < -0.3 is 0 Å². The van der Waals surface area contributed by atoms with Crippen LogP contribution < -0.4 is 0 Å². The van der Waals surface area contributed by atoms with E-state index in [9.17, 15) is 0 Å². The Bertz CT molecular complexity index is 218. The van der Waals surface area contributed by atoms with Gasteiger partial charge in [0.15, 0.2) is 0 Å². The van der Waals surface area contributed by atoms with E-state index in [-0.39, 0.29) is 0 Å². The molecule has 0 amide bonds. The van der Waals surface area contributed by atoms with Gasteiger partial charge in [0.2, 0.25) is 0 Å². The zero-order valence-corrected chi connectivity index (χ0v) is 9.42. The first-order chi connectivity index (χ1) is 6.85. The van der Waals surface area contributed by atoms with Gasteiger partial charge in [0.05, 0.1) is 6.07 Å². The van der Waals surface area contributed by atoms with Crippen LogP contribution in [0.4, 0.5) is 0 Å². The zero-order chi connectivity index (χ0) is 10.6. The Balaban J connectivity index is 3.72. The highest BCUT2D eigenvalue weighted by Gasteiger charge is 1.89. The molecule has 0 aromatic rings. The summed E-state index contributed by atoms with van der Waals surface area (Å²) < 4.78 is 0. The third-order valence-corrected chi connectivity index (χ3v) is 2.08. The Morgan fingerprint density at radius 2 is 2.00 bits per heavy atom. The van der Waals surface area contributed by atoms with E-state index in [0.717, 1.165) is 18.4 Å². The normalized spacial score (nSPS) is 11.9. The molecule has 1 nitrogen and oxygen atoms in total. The summed E-state index contributed by atoms with van der Waals surface area (Å²) in [5.41, 5.74) is 0.809. The van der Waals surface area contributed by atoms with Crippen molar-refractivity contribution in [2.24, 2.45) is 0 Å². The summed E-state index contributed by atoms with van der Waals surface area (Å²) in [5, 5.41) is 8.79. The molecule has 0 fully saturated rings. The summed E-state index contributed by atoms with van der Waals surface area (Å²) in [6.45, 7) is 4.28. The molecular weight excluding hydrogens is 170 g/mol. The molecule has 0 radical (unpaired) electrons. The Morgan fingerprint density at radius 3 is 2.57 bits per heavy atom. The number of rotatable bonds is 7. The van der Waals surface area contributed by atoms with Gasteiger partial charge in [-0.25, -0.2) is 0 Å². The van der Waals surface area contributed by atoms with Crippen LogP contribution in [-0.4, -0.2) is 0 Å². The largest absolute Gasteiger partial charge is 0.192 e. The van der Waals surface area contributed by atoms with Crippen molar-refractivity contribution < 1.29 is 0 Å². The molecule has 78 valence electrons. The van der Waals surface area contributed by atoms with Crippen LogP contribution in [0.1, 0.15) is 52.4 Å². The number of unbranched alkanes of at least 4 members (excludes halogenated alkanes) is 4. The number of nitriles is 1. The molecule has 0 aromatic heterocycles. The number of hydrogen-bond acceptors (Lipinski definition) is 1. The van der Waals surface area contributed by atoms with Crippen molar-refractivity contribution in [1.29, 1.82) is 5.26 Å². The molecule has 0 heterocycles. The summed E-state index contributed by atoms with van der Waals surface area (Å²) in [6, 6.07) is 2.20. The number of allylic oxidation sites excluding steroid dienone is 4. The fourth-order valence-corrected chi connectivity index (χ4v) is 1.22. The second kappa shape index (κ2) is 10.1. The van der Waals surface area contributed by atoms with Crippen LogP contribution in [0.25, 0.3) is 0 Å². The predicted molar refractivity (Wildman–Crippen MR) is 61.9 cm³/mol. The molecule has 14 heavy (non-hydrogen) atoms. The van der Waals surface area contributed by atoms with Gasteiger partial charge in [0.1, 0.15) is 0 Å². The summed E-state index contributed by atoms with van der Waals surface area (Å²) in [5.74, 6) is 0. The first-order valence-corrected chi connectivity index (χ1v) is 5.62. The molecule has 0 bridgehead atoms. The van der Waals surface area contributed by atoms with E-state index in [2.05, 4.69) is 19.9 Å². The minimum atomic E-state index is 0.809. The molecule has 0 unspecified atom stereocenters. The number of nitrogens with zero attached hydrogens (tertiary/aromatic N) is 1. The van der Waals surface area contributed by atoms with E-state index < -0.39 is 0 Å². The fourth-order valence-electron chi connectivity index (χ4n) is 1.22. The summed E-state index contributed by atoms with van der Waals surface area (Å²) in [4.78, 5) is 0. The topological polar surface area (TPSA) is 23.8 Å². The molecule has 0 spiro atoms. The van der Waals surface area contributed by atoms with Gasteiger partial charge in [-0.2, -0.15) is 5.26 Å². The standard InChI is InChI=1S/C13H21N/c1-3-5-7-8-9-11-13(12-14)10-6-4-2/h6,10-11H,3-5,7-9H2,1-2H3. The van der Waals surface area contributed by atoms with Crippen LogP contribution in [0.15, 0.2) is 23.8 Å². The highest BCUT2D eigenvalue weighted by Crippen LogP contribution is 2.06. The smallest absolute Gasteiger partial charge is 0.0988 e. The molecule has 0 aliphatic heterocycles. The average molecular weight is 191 g/mol. The first-order valence-electron chi connectivity index (χ1n) is 5.62. The zero-order valence-electron chi connectivity index (χ0n) is 9.42. The maximum atomic E-state index is 8.79. The van der Waals surface area contributed by atoms with E-state index in [0.29, 0.717) is 0 Å². The van der Waals surface area contributed by atoms with Crippen LogP contribution in [0.5, 0.6) is 0 Å². The Hall–Kier alpha value is -1.03. The van der Waals surface area contributed by atoms with Crippen LogP contribution in [-0.2, 0) is 0 Å². The van der Waals surface area contributed by atoms with Crippen molar-refractivity contribution in [3.63, 3.8) is 0 Å². The van der Waals surface area contributed by atoms with E-state index >= 15 is 0 Å². The lowest BCUT2D eigenvalue weighted by atomic mass is 10.1. The minimum Gasteiger partial charge on any atom is -0.192 e. The minimum absolute atomic E-state index is 0.809. The maximum absolute atomic E-state index is 8.79. The monoisotopic (exact) mass is 191 g/mol. The predicted octanol–water partition coefficient (Wildman–Crippen LogP) is 4.37. The highest BCUT2D eigenvalue weighted by molar-refractivity contribution is 5.32. The fraction of sp³-hybridized carbons (Fsp3) is 0.615. The molecule has 0 rings (SSSR count). The SMILES string of the molecule is CCC=CC(C#N)=CCCCCCC. The molecule has 0 saturated carbocycles. The Morgan fingerprint density at radius 1 is 1.21 bits per heavy atom. The van der Waals surface area contributed by atoms with Crippen molar-refractivity contribution in [1.82, 2.24) is 0 Å². The van der Waals surface area contributed by atoms with Crippen molar-refractivity contribution >= 4 is 0 Å². The van der Waals surface area contributed by atoms with Gasteiger partial charge in [-0.3, -0.25) is 0 Å². The van der Waals surface area contributed by atoms with Crippen LogP contribution in [0.2, 0.25) is 0 Å². The number of hydrogen-bond donors (Lipinski definition) is 0. The van der Waals surface area contributed by atoms with E-state index in [1.165, 1.54) is 25.7 Å². The first kappa shape index (κ1) is 13.0. The summed E-state index contributed by atoms with van der Waals surface area (Å²) in [7, 11) is 0. The highest BCUT2D eigenvalue weighted by atomic mass is 14.2. The van der Waals surface area contributed by atoms with Gasteiger partial charge in [-0.05, 0) is 25.3 Å². The second-order valence-corrected chi connectivity index (χ2v) is 3.43. The molecule has 0 atom stereocenters. The van der Waals surface area contributed by atoms with E-state index in [4.69, 9.17) is 5.26 Å². The van der Waals surface area contributed by atoms with Crippen molar-refractivity contribution in [2.75, 3.05) is 0 Å². The van der Waals surface area contributed by atoms with Gasteiger partial charge in [0.25, 0.3) is 0 Å². The van der Waals surface area contributed by atoms with Crippen LogP contribution in [0.3, 0.4) is 0 Å². The molecule has 0 N–H and O–H groups in total. The third kappa shape index (κ3) is 7.61. The third-order valence-electron chi connectivity index (χ3n) is 2.08. The molecular formula is C13H21N.